The van der Waals surface area contributed by atoms with Crippen LogP contribution in [-0.2, 0) is 10.0 Å². The van der Waals surface area contributed by atoms with Crippen LogP contribution in [0.2, 0.25) is 5.02 Å². The van der Waals surface area contributed by atoms with E-state index in [4.69, 9.17) is 21.5 Å². The number of nitrogens with two attached hydrogens (primary N) is 1. The maximum atomic E-state index is 10.7. The molecule has 6 heteroatoms. The largest absolute Gasteiger partial charge is 0.493 e. The van der Waals surface area contributed by atoms with Gasteiger partial charge in [0.05, 0.1) is 12.4 Å². The van der Waals surface area contributed by atoms with E-state index in [0.717, 1.165) is 24.2 Å². The topological polar surface area (TPSA) is 69.4 Å². The third-order valence-corrected chi connectivity index (χ3v) is 3.56. The number of benzene rings is 1. The summed E-state index contributed by atoms with van der Waals surface area (Å²) in [4.78, 5) is 0. The van der Waals surface area contributed by atoms with E-state index in [1.807, 2.05) is 19.1 Å². The van der Waals surface area contributed by atoms with E-state index in [1.54, 1.807) is 6.07 Å². The number of ether oxygens (including phenoxy) is 1. The van der Waals surface area contributed by atoms with Crippen molar-refractivity contribution in [1.29, 1.82) is 0 Å². The van der Waals surface area contributed by atoms with Crippen LogP contribution in [0.5, 0.6) is 5.75 Å². The highest BCUT2D eigenvalue weighted by Gasteiger charge is 2.02. The zero-order chi connectivity index (χ0) is 13.6. The summed E-state index contributed by atoms with van der Waals surface area (Å²) < 4.78 is 27.0. The smallest absolute Gasteiger partial charge is 0.209 e. The summed E-state index contributed by atoms with van der Waals surface area (Å²) in [6.07, 6.45) is 2.16. The van der Waals surface area contributed by atoms with Gasteiger partial charge in [-0.25, -0.2) is 13.6 Å². The van der Waals surface area contributed by atoms with E-state index >= 15 is 0 Å². The minimum Gasteiger partial charge on any atom is -0.493 e. The van der Waals surface area contributed by atoms with Crippen molar-refractivity contribution in [3.63, 3.8) is 0 Å². The Balaban J connectivity index is 2.22. The second-order valence-corrected chi connectivity index (χ2v) is 6.36. The van der Waals surface area contributed by atoms with Gasteiger partial charge in [0, 0.05) is 5.02 Å². The fraction of sp³-hybridized carbons (Fsp3) is 0.500. The molecule has 1 rings (SSSR count). The van der Waals surface area contributed by atoms with Gasteiger partial charge in [-0.1, -0.05) is 11.6 Å². The van der Waals surface area contributed by atoms with Crippen molar-refractivity contribution in [2.24, 2.45) is 5.14 Å². The van der Waals surface area contributed by atoms with Crippen LogP contribution >= 0.6 is 11.6 Å². The van der Waals surface area contributed by atoms with Gasteiger partial charge in [0.15, 0.2) is 0 Å². The van der Waals surface area contributed by atoms with Crippen molar-refractivity contribution in [1.82, 2.24) is 0 Å². The highest BCUT2D eigenvalue weighted by molar-refractivity contribution is 7.89. The summed E-state index contributed by atoms with van der Waals surface area (Å²) in [5, 5.41) is 5.59. The number of sulfonamides is 1. The number of aryl methyl sites for hydroxylation is 1. The second-order valence-electron chi connectivity index (χ2n) is 4.19. The molecule has 0 heterocycles. The zero-order valence-corrected chi connectivity index (χ0v) is 11.9. The predicted molar refractivity (Wildman–Crippen MR) is 73.5 cm³/mol. The molecule has 0 saturated heterocycles. The van der Waals surface area contributed by atoms with E-state index in [1.165, 1.54) is 0 Å². The highest BCUT2D eigenvalue weighted by Crippen LogP contribution is 2.21. The molecule has 0 bridgehead atoms. The summed E-state index contributed by atoms with van der Waals surface area (Å²) >= 11 is 5.84. The Labute approximate surface area is 113 Å². The van der Waals surface area contributed by atoms with Crippen LogP contribution in [0.3, 0.4) is 0 Å². The molecule has 102 valence electrons. The lowest BCUT2D eigenvalue weighted by Crippen LogP contribution is -2.16. The Kier molecular flexibility index (Phi) is 5.91. The molecule has 2 N–H and O–H groups in total. The van der Waals surface area contributed by atoms with Crippen molar-refractivity contribution in [3.05, 3.63) is 28.8 Å². The molecular formula is C12H18ClNO3S. The second kappa shape index (κ2) is 6.97. The summed E-state index contributed by atoms with van der Waals surface area (Å²) in [5.74, 6) is 0.846. The first-order chi connectivity index (χ1) is 8.38. The van der Waals surface area contributed by atoms with Gasteiger partial charge in [-0.15, -0.1) is 0 Å². The van der Waals surface area contributed by atoms with Gasteiger partial charge < -0.3 is 4.74 Å². The molecule has 0 aliphatic carbocycles. The zero-order valence-electron chi connectivity index (χ0n) is 10.4. The Morgan fingerprint density at radius 2 is 2.00 bits per heavy atom. The molecule has 0 spiro atoms. The average Bonchev–Trinajstić information content (AvgIpc) is 2.24. The van der Waals surface area contributed by atoms with Gasteiger partial charge in [-0.05, 0) is 49.9 Å². The third-order valence-electron chi connectivity index (χ3n) is 2.47. The van der Waals surface area contributed by atoms with Crippen LogP contribution in [0.25, 0.3) is 0 Å². The third kappa shape index (κ3) is 6.23. The number of hydrogen-bond donors (Lipinski definition) is 1. The molecule has 1 aromatic rings. The maximum absolute atomic E-state index is 10.7. The van der Waals surface area contributed by atoms with Gasteiger partial charge in [0.1, 0.15) is 5.75 Å². The minimum absolute atomic E-state index is 0.0347. The van der Waals surface area contributed by atoms with Crippen LogP contribution in [0.4, 0.5) is 0 Å². The molecular weight excluding hydrogens is 274 g/mol. The summed E-state index contributed by atoms with van der Waals surface area (Å²) in [5.41, 5.74) is 0.993. The molecule has 0 atom stereocenters. The van der Waals surface area contributed by atoms with E-state index in [0.29, 0.717) is 18.1 Å². The summed E-state index contributed by atoms with van der Waals surface area (Å²) in [7, 11) is -3.33. The molecule has 18 heavy (non-hydrogen) atoms. The first kappa shape index (κ1) is 15.3. The predicted octanol–water partition coefficient (Wildman–Crippen LogP) is 2.49. The standard InChI is InChI=1S/C12H18ClNO3S/c1-10-9-11(13)5-6-12(10)17-7-3-2-4-8-18(14,15)16/h5-6,9H,2-4,7-8H2,1H3,(H2,14,15,16). The summed E-state index contributed by atoms with van der Waals surface area (Å²) in [6.45, 7) is 2.50. The van der Waals surface area contributed by atoms with Gasteiger partial charge in [-0.3, -0.25) is 0 Å². The Morgan fingerprint density at radius 3 is 2.61 bits per heavy atom. The Morgan fingerprint density at radius 1 is 1.28 bits per heavy atom. The molecule has 0 saturated carbocycles. The number of primary sulfonamides is 1. The lowest BCUT2D eigenvalue weighted by atomic mass is 10.2. The maximum Gasteiger partial charge on any atom is 0.209 e. The van der Waals surface area contributed by atoms with E-state index < -0.39 is 10.0 Å². The quantitative estimate of drug-likeness (QED) is 0.785. The molecule has 0 radical (unpaired) electrons. The van der Waals surface area contributed by atoms with Crippen LogP contribution in [0.1, 0.15) is 24.8 Å². The van der Waals surface area contributed by atoms with Crippen LogP contribution in [0.15, 0.2) is 18.2 Å². The van der Waals surface area contributed by atoms with Crippen LogP contribution < -0.4 is 9.88 Å². The van der Waals surface area contributed by atoms with E-state index in [9.17, 15) is 8.42 Å². The molecule has 1 aromatic carbocycles. The first-order valence-electron chi connectivity index (χ1n) is 5.78. The molecule has 0 aliphatic rings. The highest BCUT2D eigenvalue weighted by atomic mass is 35.5. The van der Waals surface area contributed by atoms with Crippen molar-refractivity contribution in [2.75, 3.05) is 12.4 Å². The lowest BCUT2D eigenvalue weighted by molar-refractivity contribution is 0.304. The molecule has 4 nitrogen and oxygen atoms in total. The normalized spacial score (nSPS) is 11.5. The van der Waals surface area contributed by atoms with Crippen molar-refractivity contribution >= 4 is 21.6 Å². The molecule has 0 aliphatic heterocycles. The monoisotopic (exact) mass is 291 g/mol. The molecule has 0 fully saturated rings. The minimum atomic E-state index is -3.33. The van der Waals surface area contributed by atoms with Crippen molar-refractivity contribution in [3.8, 4) is 5.75 Å². The van der Waals surface area contributed by atoms with Gasteiger partial charge in [-0.2, -0.15) is 0 Å². The van der Waals surface area contributed by atoms with Gasteiger partial charge >= 0.3 is 0 Å². The number of unbranched alkanes of at least 4 members (excludes halogenated alkanes) is 2. The molecule has 0 unspecified atom stereocenters. The fourth-order valence-electron chi connectivity index (χ4n) is 1.54. The van der Waals surface area contributed by atoms with Crippen molar-refractivity contribution < 1.29 is 13.2 Å². The van der Waals surface area contributed by atoms with Gasteiger partial charge in [0.25, 0.3) is 0 Å². The Hall–Kier alpha value is -0.780. The summed E-state index contributed by atoms with van der Waals surface area (Å²) in [6, 6.07) is 5.46. The molecule has 0 amide bonds. The van der Waals surface area contributed by atoms with Gasteiger partial charge in [0.2, 0.25) is 10.0 Å². The Bertz CT molecular complexity index is 488. The number of hydrogen-bond acceptors (Lipinski definition) is 3. The number of rotatable bonds is 7. The van der Waals surface area contributed by atoms with E-state index in [2.05, 4.69) is 0 Å². The fourth-order valence-corrected chi connectivity index (χ4v) is 2.37. The van der Waals surface area contributed by atoms with Crippen molar-refractivity contribution in [2.45, 2.75) is 26.2 Å². The molecule has 0 aromatic heterocycles. The SMILES string of the molecule is Cc1cc(Cl)ccc1OCCCCCS(N)(=O)=O. The number of halogens is 1. The van der Waals surface area contributed by atoms with Crippen LogP contribution in [-0.4, -0.2) is 20.8 Å². The average molecular weight is 292 g/mol. The lowest BCUT2D eigenvalue weighted by Gasteiger charge is -2.09. The first-order valence-corrected chi connectivity index (χ1v) is 7.87. The van der Waals surface area contributed by atoms with Crippen LogP contribution in [0, 0.1) is 6.92 Å². The van der Waals surface area contributed by atoms with E-state index in [-0.39, 0.29) is 5.75 Å².